The predicted octanol–water partition coefficient (Wildman–Crippen LogP) is 2.81. The highest BCUT2D eigenvalue weighted by Gasteiger charge is 2.21. The standard InChI is InChI=1S/C14H21BrN4O/c1-4-16-14-17-10(2)12-8-11(15)9-19(13(12)18-14)6-5-7-20-3/h8H,4-7,9H2,1-3H3,(H,16,17,18). The van der Waals surface area contributed by atoms with E-state index in [-0.39, 0.29) is 0 Å². The van der Waals surface area contributed by atoms with Gasteiger partial charge in [0.2, 0.25) is 5.95 Å². The number of nitrogens with one attached hydrogen (secondary N) is 1. The molecule has 2 heterocycles. The Morgan fingerprint density at radius 2 is 2.25 bits per heavy atom. The molecule has 110 valence electrons. The van der Waals surface area contributed by atoms with Gasteiger partial charge in [0.05, 0.1) is 12.2 Å². The van der Waals surface area contributed by atoms with Crippen molar-refractivity contribution in [2.24, 2.45) is 0 Å². The number of rotatable bonds is 6. The Morgan fingerprint density at radius 1 is 1.45 bits per heavy atom. The molecule has 1 aliphatic heterocycles. The zero-order valence-corrected chi connectivity index (χ0v) is 13.8. The maximum absolute atomic E-state index is 5.14. The van der Waals surface area contributed by atoms with Gasteiger partial charge in [0.15, 0.2) is 0 Å². The molecular formula is C14H21BrN4O. The van der Waals surface area contributed by atoms with Gasteiger partial charge in [-0.1, -0.05) is 15.9 Å². The minimum atomic E-state index is 0.701. The summed E-state index contributed by atoms with van der Waals surface area (Å²) in [5.74, 6) is 1.71. The lowest BCUT2D eigenvalue weighted by Gasteiger charge is -2.29. The summed E-state index contributed by atoms with van der Waals surface area (Å²) in [7, 11) is 1.73. The van der Waals surface area contributed by atoms with Gasteiger partial charge in [-0.05, 0) is 26.3 Å². The van der Waals surface area contributed by atoms with Crippen molar-refractivity contribution in [2.75, 3.05) is 43.6 Å². The Bertz CT molecular complexity index is 504. The minimum Gasteiger partial charge on any atom is -0.385 e. The molecule has 0 bridgehead atoms. The van der Waals surface area contributed by atoms with Gasteiger partial charge in [-0.25, -0.2) is 4.98 Å². The summed E-state index contributed by atoms with van der Waals surface area (Å²) in [4.78, 5) is 11.4. The summed E-state index contributed by atoms with van der Waals surface area (Å²) in [6, 6.07) is 0. The molecule has 0 amide bonds. The van der Waals surface area contributed by atoms with E-state index in [0.717, 1.165) is 54.2 Å². The van der Waals surface area contributed by atoms with Crippen molar-refractivity contribution >= 4 is 33.8 Å². The summed E-state index contributed by atoms with van der Waals surface area (Å²) in [5.41, 5.74) is 2.10. The Balaban J connectivity index is 2.30. The third-order valence-electron chi connectivity index (χ3n) is 3.17. The summed E-state index contributed by atoms with van der Waals surface area (Å²) >= 11 is 3.61. The molecule has 2 rings (SSSR count). The smallest absolute Gasteiger partial charge is 0.224 e. The molecule has 0 saturated carbocycles. The van der Waals surface area contributed by atoms with E-state index in [1.807, 2.05) is 13.8 Å². The number of ether oxygens (including phenoxy) is 1. The molecule has 1 N–H and O–H groups in total. The van der Waals surface area contributed by atoms with Crippen molar-refractivity contribution in [1.82, 2.24) is 9.97 Å². The fraction of sp³-hybridized carbons (Fsp3) is 0.571. The quantitative estimate of drug-likeness (QED) is 0.807. The average Bonchev–Trinajstić information content (AvgIpc) is 2.41. The Morgan fingerprint density at radius 3 is 2.95 bits per heavy atom. The minimum absolute atomic E-state index is 0.701. The normalized spacial score (nSPS) is 14.0. The molecule has 0 fully saturated rings. The number of nitrogens with zero attached hydrogens (tertiary/aromatic N) is 3. The van der Waals surface area contributed by atoms with Crippen LogP contribution in [0.2, 0.25) is 0 Å². The molecule has 20 heavy (non-hydrogen) atoms. The second-order valence-corrected chi connectivity index (χ2v) is 5.78. The van der Waals surface area contributed by atoms with E-state index in [0.29, 0.717) is 5.95 Å². The van der Waals surface area contributed by atoms with Crippen molar-refractivity contribution in [3.8, 4) is 0 Å². The van der Waals surface area contributed by atoms with Gasteiger partial charge >= 0.3 is 0 Å². The first-order valence-corrected chi connectivity index (χ1v) is 7.67. The lowest BCUT2D eigenvalue weighted by molar-refractivity contribution is 0.196. The van der Waals surface area contributed by atoms with Crippen LogP contribution in [0.1, 0.15) is 24.6 Å². The zero-order valence-electron chi connectivity index (χ0n) is 12.2. The molecule has 0 aromatic carbocycles. The van der Waals surface area contributed by atoms with Crippen molar-refractivity contribution in [2.45, 2.75) is 20.3 Å². The van der Waals surface area contributed by atoms with Crippen molar-refractivity contribution in [3.05, 3.63) is 15.7 Å². The van der Waals surface area contributed by atoms with Crippen LogP contribution in [-0.2, 0) is 4.74 Å². The van der Waals surface area contributed by atoms with Gasteiger partial charge in [-0.15, -0.1) is 0 Å². The first kappa shape index (κ1) is 15.3. The fourth-order valence-corrected chi connectivity index (χ4v) is 2.79. The van der Waals surface area contributed by atoms with E-state index in [9.17, 15) is 0 Å². The molecule has 0 atom stereocenters. The highest BCUT2D eigenvalue weighted by atomic mass is 79.9. The highest BCUT2D eigenvalue weighted by molar-refractivity contribution is 9.11. The van der Waals surface area contributed by atoms with Crippen molar-refractivity contribution in [1.29, 1.82) is 0 Å². The lowest BCUT2D eigenvalue weighted by Crippen LogP contribution is -2.31. The first-order chi connectivity index (χ1) is 9.65. The van der Waals surface area contributed by atoms with E-state index in [1.54, 1.807) is 7.11 Å². The first-order valence-electron chi connectivity index (χ1n) is 6.88. The van der Waals surface area contributed by atoms with E-state index < -0.39 is 0 Å². The number of hydrogen-bond donors (Lipinski definition) is 1. The third kappa shape index (κ3) is 3.49. The van der Waals surface area contributed by atoms with Crippen LogP contribution in [0.5, 0.6) is 0 Å². The number of hydrogen-bond acceptors (Lipinski definition) is 5. The number of halogens is 1. The van der Waals surface area contributed by atoms with Crippen LogP contribution in [0.3, 0.4) is 0 Å². The van der Waals surface area contributed by atoms with Crippen molar-refractivity contribution in [3.63, 3.8) is 0 Å². The molecule has 0 unspecified atom stereocenters. The van der Waals surface area contributed by atoms with E-state index in [4.69, 9.17) is 4.74 Å². The van der Waals surface area contributed by atoms with Crippen LogP contribution >= 0.6 is 15.9 Å². The maximum Gasteiger partial charge on any atom is 0.224 e. The predicted molar refractivity (Wildman–Crippen MR) is 86.5 cm³/mol. The Labute approximate surface area is 128 Å². The van der Waals surface area contributed by atoms with Crippen molar-refractivity contribution < 1.29 is 4.74 Å². The van der Waals surface area contributed by atoms with E-state index >= 15 is 0 Å². The maximum atomic E-state index is 5.14. The monoisotopic (exact) mass is 340 g/mol. The lowest BCUT2D eigenvalue weighted by atomic mass is 10.1. The zero-order chi connectivity index (χ0) is 14.5. The number of aromatic nitrogens is 2. The molecule has 0 spiro atoms. The summed E-state index contributed by atoms with van der Waals surface area (Å²) in [5, 5.41) is 3.19. The largest absolute Gasteiger partial charge is 0.385 e. The molecular weight excluding hydrogens is 320 g/mol. The molecule has 0 saturated heterocycles. The summed E-state index contributed by atoms with van der Waals surface area (Å²) < 4.78 is 6.29. The molecule has 5 nitrogen and oxygen atoms in total. The van der Waals surface area contributed by atoms with Crippen LogP contribution < -0.4 is 10.2 Å². The molecule has 1 aromatic heterocycles. The Hall–Kier alpha value is -1.14. The SMILES string of the molecule is CCNc1nc(C)c2c(n1)N(CCCOC)CC(Br)=C2. The molecule has 0 radical (unpaired) electrons. The number of aryl methyl sites for hydroxylation is 1. The molecule has 1 aromatic rings. The third-order valence-corrected chi connectivity index (χ3v) is 3.65. The number of fused-ring (bicyclic) bond motifs is 1. The van der Waals surface area contributed by atoms with Gasteiger partial charge in [0.25, 0.3) is 0 Å². The van der Waals surface area contributed by atoms with Crippen LogP contribution in [0, 0.1) is 6.92 Å². The Kier molecular flexibility index (Phi) is 5.37. The average molecular weight is 341 g/mol. The summed E-state index contributed by atoms with van der Waals surface area (Å²) in [6.07, 6.45) is 3.10. The number of methoxy groups -OCH3 is 1. The van der Waals surface area contributed by atoms with Gasteiger partial charge < -0.3 is 15.0 Å². The molecule has 1 aliphatic rings. The summed E-state index contributed by atoms with van der Waals surface area (Å²) in [6.45, 7) is 7.42. The van der Waals surface area contributed by atoms with Gasteiger partial charge in [-0.2, -0.15) is 4.98 Å². The van der Waals surface area contributed by atoms with Crippen LogP contribution in [0.4, 0.5) is 11.8 Å². The van der Waals surface area contributed by atoms with Crippen LogP contribution in [0.25, 0.3) is 6.08 Å². The van der Waals surface area contributed by atoms with Gasteiger partial charge in [0, 0.05) is 36.9 Å². The van der Waals surface area contributed by atoms with Crippen LogP contribution in [-0.4, -0.2) is 43.3 Å². The van der Waals surface area contributed by atoms with Gasteiger partial charge in [0.1, 0.15) is 5.82 Å². The molecule has 6 heteroatoms. The highest BCUT2D eigenvalue weighted by Crippen LogP contribution is 2.31. The second-order valence-electron chi connectivity index (χ2n) is 4.76. The topological polar surface area (TPSA) is 50.3 Å². The van der Waals surface area contributed by atoms with Crippen LogP contribution in [0.15, 0.2) is 4.48 Å². The number of anilines is 2. The fourth-order valence-electron chi connectivity index (χ4n) is 2.26. The van der Waals surface area contributed by atoms with E-state index in [2.05, 4.69) is 42.2 Å². The van der Waals surface area contributed by atoms with Gasteiger partial charge in [-0.3, -0.25) is 0 Å². The second kappa shape index (κ2) is 7.04. The molecule has 0 aliphatic carbocycles. The van der Waals surface area contributed by atoms with E-state index in [1.165, 1.54) is 0 Å².